The highest BCUT2D eigenvalue weighted by molar-refractivity contribution is 5.87. The van der Waals surface area contributed by atoms with Gasteiger partial charge in [0.15, 0.2) is 0 Å². The predicted molar refractivity (Wildman–Crippen MR) is 78.3 cm³/mol. The van der Waals surface area contributed by atoms with Gasteiger partial charge < -0.3 is 15.2 Å². The van der Waals surface area contributed by atoms with Gasteiger partial charge in [-0.25, -0.2) is 4.79 Å². The molecule has 0 unspecified atom stereocenters. The van der Waals surface area contributed by atoms with Crippen molar-refractivity contribution in [1.82, 2.24) is 5.32 Å². The lowest BCUT2D eigenvalue weighted by molar-refractivity contribution is -0.151. The van der Waals surface area contributed by atoms with Crippen LogP contribution in [0.1, 0.15) is 37.7 Å². The average molecular weight is 291 g/mol. The van der Waals surface area contributed by atoms with Gasteiger partial charge in [-0.05, 0) is 44.7 Å². The minimum Gasteiger partial charge on any atom is -0.494 e. The van der Waals surface area contributed by atoms with Gasteiger partial charge in [0.2, 0.25) is 5.91 Å². The fourth-order valence-electron chi connectivity index (χ4n) is 2.31. The minimum atomic E-state index is -1.02. The van der Waals surface area contributed by atoms with Crippen molar-refractivity contribution in [2.75, 3.05) is 6.61 Å². The molecule has 0 aliphatic heterocycles. The normalized spacial score (nSPS) is 15.9. The van der Waals surface area contributed by atoms with Gasteiger partial charge in [-0.1, -0.05) is 17.7 Å². The van der Waals surface area contributed by atoms with Crippen LogP contribution < -0.4 is 10.1 Å². The maximum absolute atomic E-state index is 11.8. The Balaban J connectivity index is 1.67. The number of hydrogen-bond donors (Lipinski definition) is 2. The molecule has 1 aliphatic rings. The van der Waals surface area contributed by atoms with Crippen LogP contribution in [0.5, 0.6) is 5.75 Å². The summed E-state index contributed by atoms with van der Waals surface area (Å²) in [6.45, 7) is 2.45. The molecule has 5 nitrogen and oxygen atoms in total. The molecule has 0 radical (unpaired) electrons. The second kappa shape index (κ2) is 6.61. The number of carboxylic acid groups (broad SMARTS) is 1. The molecular weight excluding hydrogens is 270 g/mol. The quantitative estimate of drug-likeness (QED) is 0.756. The summed E-state index contributed by atoms with van der Waals surface area (Å²) in [4.78, 5) is 22.9. The number of aryl methyl sites for hydroxylation is 1. The highest BCUT2D eigenvalue weighted by Crippen LogP contribution is 2.32. The number of carboxylic acids is 1. The number of carbonyl (C=O) groups excluding carboxylic acids is 1. The average Bonchev–Trinajstić information content (AvgIpc) is 2.40. The van der Waals surface area contributed by atoms with E-state index in [2.05, 4.69) is 5.32 Å². The molecule has 2 rings (SSSR count). The Kier molecular flexibility index (Phi) is 4.83. The maximum atomic E-state index is 11.8. The molecule has 1 saturated carbocycles. The summed E-state index contributed by atoms with van der Waals surface area (Å²) in [7, 11) is 0. The van der Waals surface area contributed by atoms with Crippen molar-refractivity contribution in [2.45, 2.75) is 44.6 Å². The molecule has 1 aromatic rings. The van der Waals surface area contributed by atoms with Crippen molar-refractivity contribution < 1.29 is 19.4 Å². The van der Waals surface area contributed by atoms with Crippen LogP contribution in [0.4, 0.5) is 0 Å². The maximum Gasteiger partial charge on any atom is 0.329 e. The first kappa shape index (κ1) is 15.4. The van der Waals surface area contributed by atoms with E-state index in [0.29, 0.717) is 25.9 Å². The Hall–Kier alpha value is -2.04. The van der Waals surface area contributed by atoms with Crippen LogP contribution in [0, 0.1) is 6.92 Å². The van der Waals surface area contributed by atoms with E-state index >= 15 is 0 Å². The van der Waals surface area contributed by atoms with Crippen LogP contribution in [-0.4, -0.2) is 29.1 Å². The zero-order valence-corrected chi connectivity index (χ0v) is 12.2. The summed E-state index contributed by atoms with van der Waals surface area (Å²) in [5, 5.41) is 11.8. The predicted octanol–water partition coefficient (Wildman–Crippen LogP) is 2.28. The van der Waals surface area contributed by atoms with Crippen LogP contribution in [0.2, 0.25) is 0 Å². The fraction of sp³-hybridized carbons (Fsp3) is 0.500. The largest absolute Gasteiger partial charge is 0.494 e. The van der Waals surface area contributed by atoms with Gasteiger partial charge >= 0.3 is 5.97 Å². The number of carbonyl (C=O) groups is 2. The van der Waals surface area contributed by atoms with Gasteiger partial charge in [0.1, 0.15) is 11.3 Å². The molecule has 0 heterocycles. The monoisotopic (exact) mass is 291 g/mol. The van der Waals surface area contributed by atoms with E-state index < -0.39 is 11.5 Å². The Labute approximate surface area is 124 Å². The summed E-state index contributed by atoms with van der Waals surface area (Å²) in [6.07, 6.45) is 2.74. The topological polar surface area (TPSA) is 75.6 Å². The van der Waals surface area contributed by atoms with Gasteiger partial charge in [0.05, 0.1) is 6.61 Å². The van der Waals surface area contributed by atoms with Crippen LogP contribution in [0.15, 0.2) is 24.3 Å². The molecule has 21 heavy (non-hydrogen) atoms. The fourth-order valence-corrected chi connectivity index (χ4v) is 2.31. The van der Waals surface area contributed by atoms with Crippen LogP contribution in [0.25, 0.3) is 0 Å². The highest BCUT2D eigenvalue weighted by Gasteiger charge is 2.45. The second-order valence-electron chi connectivity index (χ2n) is 5.55. The molecule has 2 N–H and O–H groups in total. The number of benzene rings is 1. The molecule has 0 spiro atoms. The van der Waals surface area contributed by atoms with E-state index in [-0.39, 0.29) is 12.3 Å². The zero-order chi connectivity index (χ0) is 15.3. The van der Waals surface area contributed by atoms with Gasteiger partial charge in [-0.3, -0.25) is 4.79 Å². The van der Waals surface area contributed by atoms with Crippen LogP contribution in [0.3, 0.4) is 0 Å². The highest BCUT2D eigenvalue weighted by atomic mass is 16.5. The first-order chi connectivity index (χ1) is 10.0. The Bertz CT molecular complexity index is 506. The molecule has 1 aromatic carbocycles. The molecule has 0 saturated heterocycles. The van der Waals surface area contributed by atoms with Crippen molar-refractivity contribution in [3.05, 3.63) is 29.8 Å². The molecule has 1 fully saturated rings. The summed E-state index contributed by atoms with van der Waals surface area (Å²) < 4.78 is 5.53. The lowest BCUT2D eigenvalue weighted by Crippen LogP contribution is -2.59. The third kappa shape index (κ3) is 3.97. The first-order valence-electron chi connectivity index (χ1n) is 7.26. The molecule has 0 atom stereocenters. The lowest BCUT2D eigenvalue weighted by Gasteiger charge is -2.38. The summed E-state index contributed by atoms with van der Waals surface area (Å²) in [5.41, 5.74) is 0.149. The minimum absolute atomic E-state index is 0.218. The summed E-state index contributed by atoms with van der Waals surface area (Å²) in [6, 6.07) is 7.72. The second-order valence-corrected chi connectivity index (χ2v) is 5.55. The first-order valence-corrected chi connectivity index (χ1v) is 7.26. The van der Waals surface area contributed by atoms with E-state index in [1.54, 1.807) is 0 Å². The van der Waals surface area contributed by atoms with Crippen LogP contribution >= 0.6 is 0 Å². The number of nitrogens with one attached hydrogen (secondary N) is 1. The lowest BCUT2D eigenvalue weighted by atomic mass is 9.76. The van der Waals surface area contributed by atoms with Gasteiger partial charge in [-0.2, -0.15) is 0 Å². The van der Waals surface area contributed by atoms with Crippen molar-refractivity contribution in [3.8, 4) is 5.75 Å². The molecular formula is C16H21NO4. The molecule has 0 aromatic heterocycles. The molecule has 0 bridgehead atoms. The van der Waals surface area contributed by atoms with Crippen molar-refractivity contribution in [1.29, 1.82) is 0 Å². The van der Waals surface area contributed by atoms with E-state index in [0.717, 1.165) is 12.2 Å². The van der Waals surface area contributed by atoms with Crippen LogP contribution in [-0.2, 0) is 9.59 Å². The molecule has 1 amide bonds. The van der Waals surface area contributed by atoms with Gasteiger partial charge in [0, 0.05) is 6.42 Å². The van der Waals surface area contributed by atoms with Crippen molar-refractivity contribution in [3.63, 3.8) is 0 Å². The smallest absolute Gasteiger partial charge is 0.329 e. The van der Waals surface area contributed by atoms with Gasteiger partial charge in [-0.15, -0.1) is 0 Å². The zero-order valence-electron chi connectivity index (χ0n) is 12.2. The summed E-state index contributed by atoms with van der Waals surface area (Å²) >= 11 is 0. The SMILES string of the molecule is Cc1ccc(OCCCC(=O)NC2(C(=O)O)CCC2)cc1. The molecule has 5 heteroatoms. The van der Waals surface area contributed by atoms with E-state index in [4.69, 9.17) is 9.84 Å². The number of rotatable bonds is 7. The third-order valence-electron chi connectivity index (χ3n) is 3.83. The van der Waals surface area contributed by atoms with Crippen molar-refractivity contribution in [2.24, 2.45) is 0 Å². The van der Waals surface area contributed by atoms with E-state index in [9.17, 15) is 9.59 Å². The Morgan fingerprint density at radius 1 is 1.29 bits per heavy atom. The third-order valence-corrected chi connectivity index (χ3v) is 3.83. The number of hydrogen-bond acceptors (Lipinski definition) is 3. The van der Waals surface area contributed by atoms with E-state index in [1.165, 1.54) is 5.56 Å². The Morgan fingerprint density at radius 2 is 1.95 bits per heavy atom. The number of aliphatic carboxylic acids is 1. The Morgan fingerprint density at radius 3 is 2.48 bits per heavy atom. The van der Waals surface area contributed by atoms with Gasteiger partial charge in [0.25, 0.3) is 0 Å². The van der Waals surface area contributed by atoms with E-state index in [1.807, 2.05) is 31.2 Å². The summed E-state index contributed by atoms with van der Waals surface area (Å²) in [5.74, 6) is -0.371. The van der Waals surface area contributed by atoms with Crippen molar-refractivity contribution >= 4 is 11.9 Å². The molecule has 114 valence electrons. The molecule has 1 aliphatic carbocycles. The standard InChI is InChI=1S/C16H21NO4/c1-12-5-7-13(8-6-12)21-11-2-4-14(18)17-16(15(19)20)9-3-10-16/h5-8H,2-4,9-11H2,1H3,(H,17,18)(H,19,20). The number of ether oxygens (including phenoxy) is 1. The number of amides is 1.